The molecule has 60 valence electrons. The Kier molecular flexibility index (Phi) is 1.80. The van der Waals surface area contributed by atoms with Crippen LogP contribution in [-0.4, -0.2) is 43.3 Å². The monoisotopic (exact) mass is 150 g/mol. The van der Waals surface area contributed by atoms with Crippen molar-refractivity contribution >= 4 is 5.97 Å². The van der Waals surface area contributed by atoms with Crippen LogP contribution in [0.5, 0.6) is 0 Å². The molecule has 0 rings (SSSR count). The molecule has 0 amide bonds. The maximum Gasteiger partial charge on any atom is 0.304 e. The highest BCUT2D eigenvalue weighted by molar-refractivity contribution is 5.66. The molecule has 0 aromatic carbocycles. The molecule has 2 N–H and O–H groups in total. The van der Waals surface area contributed by atoms with E-state index in [0.29, 0.717) is 0 Å². The van der Waals surface area contributed by atoms with E-state index in [9.17, 15) is 4.79 Å². The lowest BCUT2D eigenvalue weighted by Crippen LogP contribution is -2.48. The van der Waals surface area contributed by atoms with E-state index in [1.54, 1.807) is 0 Å². The number of aliphatic carboxylic acids is 1. The number of nitrogens with zero attached hydrogens (tertiary/aromatic N) is 1. The summed E-state index contributed by atoms with van der Waals surface area (Å²) in [6.07, 6.45) is -0.0856. The van der Waals surface area contributed by atoms with Gasteiger partial charge in [-0.1, -0.05) is 0 Å². The standard InChI is InChI=1S/C6H14N2O2/c1-8(2,3)7-5-4-6(9)10/h7H,4-5H2,1-3H3/p+1/i1D3. The zero-order chi connectivity index (χ0) is 10.7. The third-order valence-electron chi connectivity index (χ3n) is 0.846. The molecule has 0 unspecified atom stereocenters. The van der Waals surface area contributed by atoms with Crippen LogP contribution in [0.2, 0.25) is 0 Å². The van der Waals surface area contributed by atoms with Crippen LogP contribution in [0, 0.1) is 0 Å². The summed E-state index contributed by atoms with van der Waals surface area (Å²) in [7, 11) is 2.93. The Bertz CT molecular complexity index is 191. The van der Waals surface area contributed by atoms with E-state index in [1.165, 1.54) is 14.1 Å². The van der Waals surface area contributed by atoms with Gasteiger partial charge in [0.1, 0.15) is 0 Å². The lowest BCUT2D eigenvalue weighted by atomic mass is 10.4. The fourth-order valence-corrected chi connectivity index (χ4v) is 0.442. The predicted molar refractivity (Wildman–Crippen MR) is 38.3 cm³/mol. The van der Waals surface area contributed by atoms with Crippen molar-refractivity contribution in [1.29, 1.82) is 0 Å². The summed E-state index contributed by atoms with van der Waals surface area (Å²) in [5.74, 6) is -0.946. The van der Waals surface area contributed by atoms with Crippen LogP contribution < -0.4 is 5.43 Å². The van der Waals surface area contributed by atoms with E-state index in [-0.39, 0.29) is 17.6 Å². The van der Waals surface area contributed by atoms with Crippen LogP contribution in [0.1, 0.15) is 10.5 Å². The molecule has 0 aliphatic carbocycles. The molecule has 0 spiro atoms. The van der Waals surface area contributed by atoms with Gasteiger partial charge >= 0.3 is 5.97 Å². The zero-order valence-electron chi connectivity index (χ0n) is 9.22. The minimum absolute atomic E-state index is 0.0856. The van der Waals surface area contributed by atoms with Gasteiger partial charge in [0.15, 0.2) is 0 Å². The van der Waals surface area contributed by atoms with E-state index < -0.39 is 12.9 Å². The molecule has 0 aliphatic rings. The molecular formula is C6H15N2O2+. The third kappa shape index (κ3) is 7.39. The first-order chi connectivity index (χ1) is 5.67. The average molecular weight is 150 g/mol. The van der Waals surface area contributed by atoms with E-state index in [1.807, 2.05) is 0 Å². The zero-order valence-corrected chi connectivity index (χ0v) is 6.22. The van der Waals surface area contributed by atoms with E-state index in [0.717, 1.165) is 0 Å². The molecule has 4 heteroatoms. The maximum atomic E-state index is 10.1. The van der Waals surface area contributed by atoms with Crippen molar-refractivity contribution in [3.05, 3.63) is 0 Å². The number of quaternary nitrogens is 1. The topological polar surface area (TPSA) is 49.3 Å². The molecule has 0 radical (unpaired) electrons. The van der Waals surface area contributed by atoms with E-state index in [2.05, 4.69) is 5.43 Å². The van der Waals surface area contributed by atoms with Crippen molar-refractivity contribution in [3.8, 4) is 0 Å². The van der Waals surface area contributed by atoms with Crippen LogP contribution in [0.15, 0.2) is 0 Å². The molecule has 0 aromatic heterocycles. The van der Waals surface area contributed by atoms with Crippen LogP contribution in [0.25, 0.3) is 0 Å². The number of nitrogens with one attached hydrogen (secondary N) is 1. The average Bonchev–Trinajstić information content (AvgIpc) is 1.82. The smallest absolute Gasteiger partial charge is 0.304 e. The van der Waals surface area contributed by atoms with Gasteiger partial charge in [-0.2, -0.15) is 5.43 Å². The second-order valence-electron chi connectivity index (χ2n) is 2.51. The molecule has 0 saturated heterocycles. The Hall–Kier alpha value is -0.610. The number of carboxylic acid groups (broad SMARTS) is 1. The maximum absolute atomic E-state index is 10.1. The summed E-state index contributed by atoms with van der Waals surface area (Å²) < 4.78 is 21.0. The Morgan fingerprint density at radius 2 is 2.40 bits per heavy atom. The van der Waals surface area contributed by atoms with Crippen molar-refractivity contribution in [2.45, 2.75) is 6.42 Å². The van der Waals surface area contributed by atoms with Crippen molar-refractivity contribution in [3.63, 3.8) is 0 Å². The molecule has 0 aromatic rings. The molecule has 0 aliphatic heterocycles. The number of carboxylic acids is 1. The van der Waals surface area contributed by atoms with Crippen molar-refractivity contribution in [2.24, 2.45) is 0 Å². The van der Waals surface area contributed by atoms with Gasteiger partial charge in [0.2, 0.25) is 0 Å². The summed E-state index contributed by atoms with van der Waals surface area (Å²) >= 11 is 0. The quantitative estimate of drug-likeness (QED) is 0.426. The second kappa shape index (κ2) is 3.53. The summed E-state index contributed by atoms with van der Waals surface area (Å²) in [4.78, 5) is 10.1. The van der Waals surface area contributed by atoms with Gasteiger partial charge in [-0.3, -0.25) is 9.39 Å². The molecule has 0 bridgehead atoms. The first-order valence-corrected chi connectivity index (χ1v) is 2.98. The van der Waals surface area contributed by atoms with Gasteiger partial charge in [-0.25, -0.2) is 0 Å². The van der Waals surface area contributed by atoms with Crippen molar-refractivity contribution in [1.82, 2.24) is 5.43 Å². The SMILES string of the molecule is [2H]C([2H])([2H])[N+](C)(C)NCCC(=O)O. The Morgan fingerprint density at radius 1 is 1.80 bits per heavy atom. The highest BCUT2D eigenvalue weighted by Gasteiger charge is 2.05. The van der Waals surface area contributed by atoms with Gasteiger partial charge in [-0.05, 0) is 0 Å². The normalized spacial score (nSPS) is 17.2. The van der Waals surface area contributed by atoms with Gasteiger partial charge < -0.3 is 5.11 Å². The Morgan fingerprint density at radius 3 is 2.80 bits per heavy atom. The summed E-state index contributed by atoms with van der Waals surface area (Å²) in [6.45, 7) is -2.04. The largest absolute Gasteiger partial charge is 0.481 e. The Balaban J connectivity index is 3.97. The van der Waals surface area contributed by atoms with Gasteiger partial charge in [0.25, 0.3) is 0 Å². The van der Waals surface area contributed by atoms with Crippen LogP contribution in [0.3, 0.4) is 0 Å². The highest BCUT2D eigenvalue weighted by atomic mass is 16.4. The van der Waals surface area contributed by atoms with E-state index >= 15 is 0 Å². The van der Waals surface area contributed by atoms with Gasteiger partial charge in [-0.15, -0.1) is 0 Å². The molecule has 4 nitrogen and oxygen atoms in total. The lowest BCUT2D eigenvalue weighted by Gasteiger charge is -2.23. The first-order valence-electron chi connectivity index (χ1n) is 4.48. The minimum atomic E-state index is -2.18. The van der Waals surface area contributed by atoms with Crippen molar-refractivity contribution < 1.29 is 18.6 Å². The number of hydrogen-bond donors (Lipinski definition) is 2. The summed E-state index contributed by atoms with van der Waals surface area (Å²) in [6, 6.07) is 0. The highest BCUT2D eigenvalue weighted by Crippen LogP contribution is 1.82. The van der Waals surface area contributed by atoms with Crippen LogP contribution in [0.4, 0.5) is 0 Å². The minimum Gasteiger partial charge on any atom is -0.481 e. The van der Waals surface area contributed by atoms with Crippen LogP contribution in [-0.2, 0) is 4.79 Å². The molecule has 10 heavy (non-hydrogen) atoms. The number of rotatable bonds is 4. The third-order valence-corrected chi connectivity index (χ3v) is 0.846. The molecule has 0 saturated carbocycles. The molecule has 0 heterocycles. The van der Waals surface area contributed by atoms with Gasteiger partial charge in [0, 0.05) is 0 Å². The number of carbonyl (C=O) groups is 1. The predicted octanol–water partition coefficient (Wildman–Crippen LogP) is -0.328. The first kappa shape index (κ1) is 5.09. The fraction of sp³-hybridized carbons (Fsp3) is 0.833. The molecule has 0 atom stereocenters. The summed E-state index contributed by atoms with van der Waals surface area (Å²) in [5.41, 5.74) is 2.62. The van der Waals surface area contributed by atoms with Gasteiger partial charge in [0.05, 0.1) is 38.1 Å². The molecule has 0 fully saturated rings. The van der Waals surface area contributed by atoms with Crippen molar-refractivity contribution in [2.75, 3.05) is 27.6 Å². The number of hydrogen-bond acceptors (Lipinski definition) is 2. The van der Waals surface area contributed by atoms with Crippen LogP contribution >= 0.6 is 0 Å². The van der Waals surface area contributed by atoms with E-state index in [4.69, 9.17) is 9.22 Å². The lowest BCUT2D eigenvalue weighted by molar-refractivity contribution is -0.915. The molecular weight excluding hydrogens is 132 g/mol. The Labute approximate surface area is 65.2 Å². The summed E-state index contributed by atoms with van der Waals surface area (Å²) in [5, 5.41) is 8.33. The second-order valence-corrected chi connectivity index (χ2v) is 2.51. The fourth-order valence-electron chi connectivity index (χ4n) is 0.442.